The monoisotopic (exact) mass is 383 g/mol. The van der Waals surface area contributed by atoms with E-state index >= 15 is 0 Å². The molecule has 0 unspecified atom stereocenters. The van der Waals surface area contributed by atoms with Gasteiger partial charge in [0.15, 0.2) is 0 Å². The quantitative estimate of drug-likeness (QED) is 0.750. The largest absolute Gasteiger partial charge is 0.345 e. The van der Waals surface area contributed by atoms with Gasteiger partial charge >= 0.3 is 0 Å². The van der Waals surface area contributed by atoms with Crippen molar-refractivity contribution in [2.24, 2.45) is 0 Å². The molecule has 0 saturated heterocycles. The highest BCUT2D eigenvalue weighted by Crippen LogP contribution is 2.19. The molecule has 23 heavy (non-hydrogen) atoms. The van der Waals surface area contributed by atoms with E-state index in [9.17, 15) is 9.59 Å². The first kappa shape index (κ1) is 19.6. The van der Waals surface area contributed by atoms with Crippen molar-refractivity contribution in [1.82, 2.24) is 9.80 Å². The van der Waals surface area contributed by atoms with Crippen molar-refractivity contribution >= 4 is 33.4 Å². The number of unbranched alkanes of at least 4 members (excludes halogenated alkanes) is 1. The number of benzene rings is 1. The Hall–Kier alpha value is -1.40. The molecule has 0 aliphatic rings. The van der Waals surface area contributed by atoms with Crippen molar-refractivity contribution in [2.45, 2.75) is 26.7 Å². The van der Waals surface area contributed by atoms with E-state index in [1.165, 1.54) is 0 Å². The molecule has 0 aliphatic heterocycles. The molecule has 0 atom stereocenters. The van der Waals surface area contributed by atoms with Gasteiger partial charge in [-0.25, -0.2) is 0 Å². The smallest absolute Gasteiger partial charge is 0.238 e. The summed E-state index contributed by atoms with van der Waals surface area (Å²) in [6, 6.07) is 5.70. The molecule has 0 aromatic heterocycles. The van der Waals surface area contributed by atoms with E-state index < -0.39 is 0 Å². The summed E-state index contributed by atoms with van der Waals surface area (Å²) in [5.41, 5.74) is 1.78. The van der Waals surface area contributed by atoms with E-state index in [-0.39, 0.29) is 24.9 Å². The van der Waals surface area contributed by atoms with Crippen LogP contribution in [0.4, 0.5) is 5.69 Å². The number of nitrogens with zero attached hydrogens (tertiary/aromatic N) is 2. The fourth-order valence-electron chi connectivity index (χ4n) is 2.13. The molecular formula is C17H26BrN3O2. The number of carbonyl (C=O) groups excluding carboxylic acids is 2. The fourth-order valence-corrected chi connectivity index (χ4v) is 2.61. The van der Waals surface area contributed by atoms with Crippen molar-refractivity contribution < 1.29 is 9.59 Å². The molecule has 0 fully saturated rings. The zero-order chi connectivity index (χ0) is 17.4. The number of carbonyl (C=O) groups is 2. The van der Waals surface area contributed by atoms with Crippen LogP contribution < -0.4 is 5.32 Å². The number of nitrogens with one attached hydrogen (secondary N) is 1. The van der Waals surface area contributed by atoms with Gasteiger partial charge in [-0.15, -0.1) is 0 Å². The summed E-state index contributed by atoms with van der Waals surface area (Å²) >= 11 is 3.40. The van der Waals surface area contributed by atoms with Gasteiger partial charge < -0.3 is 10.2 Å². The molecule has 0 saturated carbocycles. The van der Waals surface area contributed by atoms with E-state index in [0.29, 0.717) is 0 Å². The number of rotatable bonds is 8. The van der Waals surface area contributed by atoms with Gasteiger partial charge in [-0.05, 0) is 44.2 Å². The lowest BCUT2D eigenvalue weighted by molar-refractivity contribution is -0.131. The van der Waals surface area contributed by atoms with Gasteiger partial charge in [0.25, 0.3) is 0 Å². The summed E-state index contributed by atoms with van der Waals surface area (Å²) < 4.78 is 0.978. The Kier molecular flexibility index (Phi) is 8.26. The van der Waals surface area contributed by atoms with Crippen LogP contribution in [0, 0.1) is 6.92 Å². The third kappa shape index (κ3) is 7.14. The van der Waals surface area contributed by atoms with Crippen LogP contribution in [0.25, 0.3) is 0 Å². The van der Waals surface area contributed by atoms with Crippen LogP contribution in [0.15, 0.2) is 22.7 Å². The van der Waals surface area contributed by atoms with Gasteiger partial charge in [-0.3, -0.25) is 14.5 Å². The number of anilines is 1. The Bertz CT molecular complexity index is 549. The minimum absolute atomic E-state index is 0.0357. The minimum Gasteiger partial charge on any atom is -0.345 e. The van der Waals surface area contributed by atoms with Crippen LogP contribution in [0.3, 0.4) is 0 Å². The highest BCUT2D eigenvalue weighted by molar-refractivity contribution is 9.10. The molecule has 1 rings (SSSR count). The first-order chi connectivity index (χ1) is 10.8. The predicted octanol–water partition coefficient (Wildman–Crippen LogP) is 2.89. The number of hydrogen-bond donors (Lipinski definition) is 1. The van der Waals surface area contributed by atoms with Gasteiger partial charge in [0.1, 0.15) is 0 Å². The third-order valence-electron chi connectivity index (χ3n) is 3.55. The van der Waals surface area contributed by atoms with E-state index in [2.05, 4.69) is 28.2 Å². The molecule has 128 valence electrons. The normalized spacial score (nSPS) is 10.7. The van der Waals surface area contributed by atoms with Gasteiger partial charge in [0, 0.05) is 23.8 Å². The summed E-state index contributed by atoms with van der Waals surface area (Å²) in [4.78, 5) is 27.6. The highest BCUT2D eigenvalue weighted by Gasteiger charge is 2.14. The molecule has 6 heteroatoms. The van der Waals surface area contributed by atoms with Crippen LogP contribution in [0.2, 0.25) is 0 Å². The van der Waals surface area contributed by atoms with Crippen LogP contribution >= 0.6 is 15.9 Å². The number of halogens is 1. The molecule has 2 amide bonds. The SMILES string of the molecule is CCCCN(C)C(=O)CN(C)CC(=O)Nc1ccc(Br)cc1C. The van der Waals surface area contributed by atoms with Crippen molar-refractivity contribution in [1.29, 1.82) is 0 Å². The fraction of sp³-hybridized carbons (Fsp3) is 0.529. The number of hydrogen-bond acceptors (Lipinski definition) is 3. The van der Waals surface area contributed by atoms with E-state index in [1.807, 2.05) is 25.1 Å². The zero-order valence-electron chi connectivity index (χ0n) is 14.4. The van der Waals surface area contributed by atoms with Gasteiger partial charge in [0.2, 0.25) is 11.8 Å². The number of likely N-dealkylation sites (N-methyl/N-ethyl adjacent to an activating group) is 2. The predicted molar refractivity (Wildman–Crippen MR) is 97.6 cm³/mol. The Morgan fingerprint density at radius 2 is 1.91 bits per heavy atom. The van der Waals surface area contributed by atoms with Gasteiger partial charge in [-0.1, -0.05) is 29.3 Å². The second kappa shape index (κ2) is 9.67. The Morgan fingerprint density at radius 1 is 1.22 bits per heavy atom. The van der Waals surface area contributed by atoms with Crippen LogP contribution in [0.1, 0.15) is 25.3 Å². The lowest BCUT2D eigenvalue weighted by atomic mass is 10.2. The molecule has 0 heterocycles. The molecule has 5 nitrogen and oxygen atoms in total. The first-order valence-electron chi connectivity index (χ1n) is 7.82. The molecule has 0 radical (unpaired) electrons. The van der Waals surface area contributed by atoms with E-state index in [1.54, 1.807) is 23.9 Å². The summed E-state index contributed by atoms with van der Waals surface area (Å²) in [7, 11) is 3.58. The average molecular weight is 384 g/mol. The zero-order valence-corrected chi connectivity index (χ0v) is 15.9. The van der Waals surface area contributed by atoms with Crippen LogP contribution in [0.5, 0.6) is 0 Å². The Labute approximate surface area is 147 Å². The molecule has 1 aromatic carbocycles. The van der Waals surface area contributed by atoms with Crippen molar-refractivity contribution in [3.63, 3.8) is 0 Å². The van der Waals surface area contributed by atoms with Gasteiger partial charge in [-0.2, -0.15) is 0 Å². The number of aryl methyl sites for hydroxylation is 1. The standard InChI is InChI=1S/C17H26BrN3O2/c1-5-6-9-21(4)17(23)12-20(3)11-16(22)19-15-8-7-14(18)10-13(15)2/h7-8,10H,5-6,9,11-12H2,1-4H3,(H,19,22). The second-order valence-electron chi connectivity index (χ2n) is 5.85. The first-order valence-corrected chi connectivity index (χ1v) is 8.61. The molecule has 1 N–H and O–H groups in total. The van der Waals surface area contributed by atoms with Crippen molar-refractivity contribution in [3.8, 4) is 0 Å². The van der Waals surface area contributed by atoms with E-state index in [0.717, 1.165) is 35.1 Å². The molecule has 0 spiro atoms. The molecule has 1 aromatic rings. The maximum absolute atomic E-state index is 12.1. The molecular weight excluding hydrogens is 358 g/mol. The van der Waals surface area contributed by atoms with Crippen molar-refractivity contribution in [3.05, 3.63) is 28.2 Å². The van der Waals surface area contributed by atoms with Gasteiger partial charge in [0.05, 0.1) is 13.1 Å². The summed E-state index contributed by atoms with van der Waals surface area (Å²) in [5.74, 6) is -0.0875. The third-order valence-corrected chi connectivity index (χ3v) is 4.05. The number of amides is 2. The summed E-state index contributed by atoms with van der Waals surface area (Å²) in [6.07, 6.45) is 2.05. The Balaban J connectivity index is 2.45. The van der Waals surface area contributed by atoms with Crippen LogP contribution in [-0.4, -0.2) is 55.3 Å². The maximum Gasteiger partial charge on any atom is 0.238 e. The average Bonchev–Trinajstić information content (AvgIpc) is 2.47. The molecule has 0 bridgehead atoms. The highest BCUT2D eigenvalue weighted by atomic mass is 79.9. The topological polar surface area (TPSA) is 52.7 Å². The summed E-state index contributed by atoms with van der Waals surface area (Å²) in [6.45, 7) is 5.22. The molecule has 0 aliphatic carbocycles. The lowest BCUT2D eigenvalue weighted by Crippen LogP contribution is -2.40. The lowest BCUT2D eigenvalue weighted by Gasteiger charge is -2.21. The summed E-state index contributed by atoms with van der Waals surface area (Å²) in [5, 5.41) is 2.88. The van der Waals surface area contributed by atoms with E-state index in [4.69, 9.17) is 0 Å². The second-order valence-corrected chi connectivity index (χ2v) is 6.76. The van der Waals surface area contributed by atoms with Crippen LogP contribution in [-0.2, 0) is 9.59 Å². The van der Waals surface area contributed by atoms with Crippen molar-refractivity contribution in [2.75, 3.05) is 39.0 Å². The Morgan fingerprint density at radius 3 is 2.52 bits per heavy atom. The maximum atomic E-state index is 12.1. The minimum atomic E-state index is -0.123.